The predicted octanol–water partition coefficient (Wildman–Crippen LogP) is 0.741. The Bertz CT molecular complexity index is 165. The monoisotopic (exact) mass is 176 g/mol. The number of carbonyl (C=O) groups is 1. The number of rotatable bonds is 4. The van der Waals surface area contributed by atoms with Crippen LogP contribution in [-0.4, -0.2) is 34.3 Å². The van der Waals surface area contributed by atoms with Crippen molar-refractivity contribution in [3.8, 4) is 0 Å². The van der Waals surface area contributed by atoms with E-state index in [2.05, 4.69) is 0 Å². The minimum absolute atomic E-state index is 0.187. The van der Waals surface area contributed by atoms with Gasteiger partial charge in [0.05, 0.1) is 6.10 Å². The van der Waals surface area contributed by atoms with E-state index in [1.165, 1.54) is 24.8 Å². The summed E-state index contributed by atoms with van der Waals surface area (Å²) >= 11 is 1.48. The molecule has 3 nitrogen and oxygen atoms in total. The SMILES string of the molecule is CSCC(O)C=C(C)C(=O)O. The molecule has 0 rings (SSSR count). The quantitative estimate of drug-likeness (QED) is 0.620. The van der Waals surface area contributed by atoms with Gasteiger partial charge in [-0.3, -0.25) is 0 Å². The maximum atomic E-state index is 10.3. The Morgan fingerprint density at radius 2 is 2.27 bits per heavy atom. The smallest absolute Gasteiger partial charge is 0.331 e. The van der Waals surface area contributed by atoms with Gasteiger partial charge in [-0.05, 0) is 19.3 Å². The molecule has 1 unspecified atom stereocenters. The fourth-order valence-corrected chi connectivity index (χ4v) is 1.02. The molecular weight excluding hydrogens is 164 g/mol. The predicted molar refractivity (Wildman–Crippen MR) is 45.8 cm³/mol. The molecule has 0 radical (unpaired) electrons. The fraction of sp³-hybridized carbons (Fsp3) is 0.571. The van der Waals surface area contributed by atoms with E-state index in [0.29, 0.717) is 5.75 Å². The number of aliphatic carboxylic acids is 1. The molecular formula is C7H12O3S. The Morgan fingerprint density at radius 3 is 2.64 bits per heavy atom. The van der Waals surface area contributed by atoms with Crippen LogP contribution in [0, 0.1) is 0 Å². The van der Waals surface area contributed by atoms with Gasteiger partial charge in [-0.15, -0.1) is 0 Å². The number of hydrogen-bond acceptors (Lipinski definition) is 3. The third-order valence-electron chi connectivity index (χ3n) is 1.12. The number of carboxylic acid groups (broad SMARTS) is 1. The minimum Gasteiger partial charge on any atom is -0.478 e. The molecule has 0 aromatic carbocycles. The Morgan fingerprint density at radius 1 is 1.73 bits per heavy atom. The summed E-state index contributed by atoms with van der Waals surface area (Å²) in [5.74, 6) is -0.449. The van der Waals surface area contributed by atoms with Gasteiger partial charge >= 0.3 is 5.97 Å². The van der Waals surface area contributed by atoms with Crippen LogP contribution in [-0.2, 0) is 4.79 Å². The zero-order valence-corrected chi connectivity index (χ0v) is 7.39. The number of thioether (sulfide) groups is 1. The summed E-state index contributed by atoms with van der Waals surface area (Å²) < 4.78 is 0. The van der Waals surface area contributed by atoms with Crippen LogP contribution < -0.4 is 0 Å². The van der Waals surface area contributed by atoms with Crippen molar-refractivity contribution in [3.05, 3.63) is 11.6 Å². The molecule has 4 heteroatoms. The Hall–Kier alpha value is -0.480. The van der Waals surface area contributed by atoms with E-state index >= 15 is 0 Å². The molecule has 0 aliphatic heterocycles. The molecule has 0 heterocycles. The van der Waals surface area contributed by atoms with Crippen LogP contribution in [0.3, 0.4) is 0 Å². The van der Waals surface area contributed by atoms with Crippen molar-refractivity contribution in [2.75, 3.05) is 12.0 Å². The van der Waals surface area contributed by atoms with Crippen LogP contribution in [0.2, 0.25) is 0 Å². The molecule has 2 N–H and O–H groups in total. The van der Waals surface area contributed by atoms with Crippen LogP contribution >= 0.6 is 11.8 Å². The van der Waals surface area contributed by atoms with Gasteiger partial charge < -0.3 is 10.2 Å². The van der Waals surface area contributed by atoms with Gasteiger partial charge in [-0.25, -0.2) is 4.79 Å². The second-order valence-corrected chi connectivity index (χ2v) is 3.09. The van der Waals surface area contributed by atoms with Gasteiger partial charge in [-0.2, -0.15) is 11.8 Å². The maximum Gasteiger partial charge on any atom is 0.331 e. The van der Waals surface area contributed by atoms with Gasteiger partial charge in [0.1, 0.15) is 0 Å². The molecule has 0 aliphatic carbocycles. The Kier molecular flexibility index (Phi) is 4.98. The average Bonchev–Trinajstić information content (AvgIpc) is 1.87. The topological polar surface area (TPSA) is 57.5 Å². The first-order valence-electron chi connectivity index (χ1n) is 3.16. The molecule has 0 aliphatic rings. The van der Waals surface area contributed by atoms with Crippen LogP contribution in [0.15, 0.2) is 11.6 Å². The van der Waals surface area contributed by atoms with Crippen molar-refractivity contribution in [1.82, 2.24) is 0 Å². The lowest BCUT2D eigenvalue weighted by Crippen LogP contribution is -2.08. The molecule has 0 spiro atoms. The van der Waals surface area contributed by atoms with Crippen LogP contribution in [0.5, 0.6) is 0 Å². The van der Waals surface area contributed by atoms with Crippen molar-refractivity contribution >= 4 is 17.7 Å². The highest BCUT2D eigenvalue weighted by molar-refractivity contribution is 7.98. The van der Waals surface area contributed by atoms with Crippen molar-refractivity contribution in [2.45, 2.75) is 13.0 Å². The summed E-state index contributed by atoms with van der Waals surface area (Å²) in [5.41, 5.74) is 0.187. The first-order valence-corrected chi connectivity index (χ1v) is 4.56. The second-order valence-electron chi connectivity index (χ2n) is 2.18. The molecule has 0 saturated carbocycles. The number of hydrogen-bond donors (Lipinski definition) is 2. The molecule has 0 amide bonds. The average molecular weight is 176 g/mol. The summed E-state index contributed by atoms with van der Waals surface area (Å²) in [6, 6.07) is 0. The Balaban J connectivity index is 3.96. The van der Waals surface area contributed by atoms with Crippen LogP contribution in [0.1, 0.15) is 6.92 Å². The van der Waals surface area contributed by atoms with E-state index in [0.717, 1.165) is 0 Å². The minimum atomic E-state index is -0.981. The summed E-state index contributed by atoms with van der Waals surface area (Å²) in [6.45, 7) is 1.46. The first-order chi connectivity index (χ1) is 5.07. The maximum absolute atomic E-state index is 10.3. The standard InChI is InChI=1S/C7H12O3S/c1-5(7(9)10)3-6(8)4-11-2/h3,6,8H,4H2,1-2H3,(H,9,10). The van der Waals surface area contributed by atoms with E-state index < -0.39 is 12.1 Å². The molecule has 0 fully saturated rings. The van der Waals surface area contributed by atoms with Gasteiger partial charge in [-0.1, -0.05) is 0 Å². The molecule has 0 saturated heterocycles. The number of aliphatic hydroxyl groups excluding tert-OH is 1. The van der Waals surface area contributed by atoms with Gasteiger partial charge in [0.25, 0.3) is 0 Å². The van der Waals surface area contributed by atoms with Crippen molar-refractivity contribution in [3.63, 3.8) is 0 Å². The Labute approximate surface area is 70.1 Å². The molecule has 0 bridgehead atoms. The summed E-state index contributed by atoms with van der Waals surface area (Å²) in [6.07, 6.45) is 2.55. The summed E-state index contributed by atoms with van der Waals surface area (Å²) in [5, 5.41) is 17.5. The van der Waals surface area contributed by atoms with Crippen molar-refractivity contribution in [1.29, 1.82) is 0 Å². The van der Waals surface area contributed by atoms with Crippen molar-refractivity contribution in [2.24, 2.45) is 0 Å². The summed E-state index contributed by atoms with van der Waals surface area (Å²) in [4.78, 5) is 10.3. The second kappa shape index (κ2) is 5.21. The highest BCUT2D eigenvalue weighted by Gasteiger charge is 2.03. The molecule has 0 aromatic rings. The zero-order valence-electron chi connectivity index (χ0n) is 6.57. The highest BCUT2D eigenvalue weighted by atomic mass is 32.2. The van der Waals surface area contributed by atoms with E-state index in [1.54, 1.807) is 0 Å². The fourth-order valence-electron chi connectivity index (χ4n) is 0.579. The zero-order chi connectivity index (χ0) is 8.85. The van der Waals surface area contributed by atoms with Crippen LogP contribution in [0.4, 0.5) is 0 Å². The summed E-state index contributed by atoms with van der Waals surface area (Å²) in [7, 11) is 0. The molecule has 11 heavy (non-hydrogen) atoms. The lowest BCUT2D eigenvalue weighted by molar-refractivity contribution is -0.132. The largest absolute Gasteiger partial charge is 0.478 e. The normalized spacial score (nSPS) is 14.6. The third kappa shape index (κ3) is 4.86. The molecule has 64 valence electrons. The van der Waals surface area contributed by atoms with Gasteiger partial charge in [0.2, 0.25) is 0 Å². The van der Waals surface area contributed by atoms with E-state index in [-0.39, 0.29) is 5.57 Å². The third-order valence-corrected chi connectivity index (χ3v) is 1.79. The van der Waals surface area contributed by atoms with E-state index in [9.17, 15) is 4.79 Å². The van der Waals surface area contributed by atoms with Crippen LogP contribution in [0.25, 0.3) is 0 Å². The lowest BCUT2D eigenvalue weighted by atomic mass is 10.2. The van der Waals surface area contributed by atoms with Gasteiger partial charge in [0, 0.05) is 11.3 Å². The lowest BCUT2D eigenvalue weighted by Gasteiger charge is -2.02. The molecule has 0 aromatic heterocycles. The molecule has 1 atom stereocenters. The van der Waals surface area contributed by atoms with E-state index in [4.69, 9.17) is 10.2 Å². The van der Waals surface area contributed by atoms with Gasteiger partial charge in [0.15, 0.2) is 0 Å². The number of carboxylic acids is 1. The number of aliphatic hydroxyl groups is 1. The van der Waals surface area contributed by atoms with E-state index in [1.807, 2.05) is 6.26 Å². The highest BCUT2D eigenvalue weighted by Crippen LogP contribution is 2.01. The first kappa shape index (κ1) is 10.5. The van der Waals surface area contributed by atoms with Crippen molar-refractivity contribution < 1.29 is 15.0 Å².